The Kier molecular flexibility index (Phi) is 6.01. The molecular formula is C12H13ClFN5O5. The molecule has 12 heteroatoms. The maximum atomic E-state index is 13.8. The average Bonchev–Trinajstić information content (AvgIpc) is 2.46. The number of halogens is 2. The van der Waals surface area contributed by atoms with Gasteiger partial charge in [-0.2, -0.15) is 4.99 Å². The van der Waals surface area contributed by atoms with Gasteiger partial charge in [0.05, 0.1) is 10.6 Å². The fourth-order valence-electron chi connectivity index (χ4n) is 1.57. The summed E-state index contributed by atoms with van der Waals surface area (Å²) in [5.41, 5.74) is -1.12. The number of nitrogens with zero attached hydrogens (tertiary/aromatic N) is 4. The van der Waals surface area contributed by atoms with Gasteiger partial charge in [-0.3, -0.25) is 15.0 Å². The summed E-state index contributed by atoms with van der Waals surface area (Å²) in [6, 6.07) is 0.290. The minimum absolute atomic E-state index is 0.246. The van der Waals surface area contributed by atoms with Crippen LogP contribution in [0.5, 0.6) is 0 Å². The van der Waals surface area contributed by atoms with E-state index in [1.165, 1.54) is 19.0 Å². The van der Waals surface area contributed by atoms with Crippen LogP contribution < -0.4 is 5.32 Å². The van der Waals surface area contributed by atoms with Crippen molar-refractivity contribution in [3.8, 4) is 0 Å². The van der Waals surface area contributed by atoms with Gasteiger partial charge in [0, 0.05) is 33.3 Å². The largest absolute Gasteiger partial charge is 0.465 e. The lowest BCUT2D eigenvalue weighted by atomic mass is 10.2. The summed E-state index contributed by atoms with van der Waals surface area (Å²) in [4.78, 5) is 38.1. The lowest BCUT2D eigenvalue weighted by molar-refractivity contribution is -0.384. The van der Waals surface area contributed by atoms with Gasteiger partial charge >= 0.3 is 12.1 Å². The number of nitrogens with one attached hydrogen (secondary N) is 1. The molecule has 0 aliphatic rings. The number of carbonyl (C=O) groups is 2. The summed E-state index contributed by atoms with van der Waals surface area (Å²) in [5.74, 6) is -1.25. The third-order valence-electron chi connectivity index (χ3n) is 2.66. The van der Waals surface area contributed by atoms with Crippen LogP contribution in [0, 0.1) is 15.9 Å². The predicted octanol–water partition coefficient (Wildman–Crippen LogP) is 2.45. The number of guanidine groups is 1. The van der Waals surface area contributed by atoms with Crippen molar-refractivity contribution in [2.45, 2.75) is 0 Å². The Labute approximate surface area is 140 Å². The number of nitro groups is 1. The molecule has 0 radical (unpaired) electrons. The lowest BCUT2D eigenvalue weighted by Gasteiger charge is -2.21. The van der Waals surface area contributed by atoms with Gasteiger partial charge in [-0.25, -0.2) is 14.0 Å². The van der Waals surface area contributed by atoms with E-state index in [1.807, 2.05) is 5.32 Å². The van der Waals surface area contributed by atoms with Crippen molar-refractivity contribution >= 4 is 41.1 Å². The fourth-order valence-corrected chi connectivity index (χ4v) is 1.79. The third kappa shape index (κ3) is 4.52. The first kappa shape index (κ1) is 19.1. The maximum absolute atomic E-state index is 13.8. The molecule has 0 saturated heterocycles. The minimum Gasteiger partial charge on any atom is -0.465 e. The molecule has 0 aliphatic heterocycles. The van der Waals surface area contributed by atoms with Gasteiger partial charge in [-0.1, -0.05) is 11.6 Å². The van der Waals surface area contributed by atoms with E-state index in [0.29, 0.717) is 11.0 Å². The number of rotatable bonds is 2. The molecule has 0 unspecified atom stereocenters. The molecule has 24 heavy (non-hydrogen) atoms. The van der Waals surface area contributed by atoms with Crippen LogP contribution in [0.25, 0.3) is 0 Å². The number of aliphatic imine (C=N–C) groups is 1. The zero-order chi connectivity index (χ0) is 18.6. The number of hydrogen-bond donors (Lipinski definition) is 2. The SMILES string of the molecule is CN(C)C(=NC(=O)Nc1cc([N+](=O)[O-])c(Cl)cc1F)N(C)C(=O)O. The van der Waals surface area contributed by atoms with Gasteiger partial charge in [0.25, 0.3) is 5.69 Å². The molecule has 0 fully saturated rings. The minimum atomic E-state index is -1.37. The van der Waals surface area contributed by atoms with E-state index in [2.05, 4.69) is 4.99 Å². The number of carbonyl (C=O) groups excluding carboxylic acids is 1. The van der Waals surface area contributed by atoms with E-state index in [9.17, 15) is 24.1 Å². The van der Waals surface area contributed by atoms with Crippen molar-refractivity contribution in [1.29, 1.82) is 0 Å². The quantitative estimate of drug-likeness (QED) is 0.360. The maximum Gasteiger partial charge on any atom is 0.413 e. The molecule has 1 aromatic rings. The zero-order valence-electron chi connectivity index (χ0n) is 12.8. The monoisotopic (exact) mass is 361 g/mol. The second-order valence-electron chi connectivity index (χ2n) is 4.62. The topological polar surface area (TPSA) is 128 Å². The Bertz CT molecular complexity index is 724. The molecule has 0 atom stereocenters. The number of hydrogen-bond acceptors (Lipinski definition) is 4. The molecule has 0 bridgehead atoms. The van der Waals surface area contributed by atoms with Gasteiger partial charge in [0.15, 0.2) is 0 Å². The average molecular weight is 362 g/mol. The van der Waals surface area contributed by atoms with Crippen molar-refractivity contribution in [3.63, 3.8) is 0 Å². The fraction of sp³-hybridized carbons (Fsp3) is 0.250. The number of anilines is 1. The van der Waals surface area contributed by atoms with Crippen LogP contribution in [0.2, 0.25) is 5.02 Å². The molecule has 10 nitrogen and oxygen atoms in total. The van der Waals surface area contributed by atoms with Crippen LogP contribution in [-0.4, -0.2) is 59.1 Å². The highest BCUT2D eigenvalue weighted by atomic mass is 35.5. The van der Waals surface area contributed by atoms with E-state index in [1.54, 1.807) is 0 Å². The normalized spacial score (nSPS) is 11.0. The highest BCUT2D eigenvalue weighted by Gasteiger charge is 2.20. The van der Waals surface area contributed by atoms with Crippen molar-refractivity contribution < 1.29 is 24.0 Å². The molecule has 3 amide bonds. The zero-order valence-corrected chi connectivity index (χ0v) is 13.5. The molecule has 2 N–H and O–H groups in total. The summed E-state index contributed by atoms with van der Waals surface area (Å²) >= 11 is 5.53. The van der Waals surface area contributed by atoms with Crippen molar-refractivity contribution in [3.05, 3.63) is 33.1 Å². The Morgan fingerprint density at radius 1 is 1.38 bits per heavy atom. The molecule has 130 valence electrons. The van der Waals surface area contributed by atoms with Gasteiger partial charge in [0.2, 0.25) is 5.96 Å². The van der Waals surface area contributed by atoms with Gasteiger partial charge in [-0.15, -0.1) is 0 Å². The molecular weight excluding hydrogens is 349 g/mol. The Hall–Kier alpha value is -2.95. The van der Waals surface area contributed by atoms with Crippen LogP contribution in [0.3, 0.4) is 0 Å². The van der Waals surface area contributed by atoms with Gasteiger partial charge < -0.3 is 15.3 Å². The smallest absolute Gasteiger partial charge is 0.413 e. The number of benzene rings is 1. The number of amides is 3. The summed E-state index contributed by atoms with van der Waals surface area (Å²) in [6.45, 7) is 0. The molecule has 0 saturated carbocycles. The van der Waals surface area contributed by atoms with Crippen LogP contribution in [0.15, 0.2) is 17.1 Å². The highest BCUT2D eigenvalue weighted by molar-refractivity contribution is 6.32. The van der Waals surface area contributed by atoms with Crippen LogP contribution in [0.4, 0.5) is 25.4 Å². The first-order valence-corrected chi connectivity index (χ1v) is 6.59. The van der Waals surface area contributed by atoms with Gasteiger partial charge in [0.1, 0.15) is 10.8 Å². The first-order chi connectivity index (χ1) is 11.0. The van der Waals surface area contributed by atoms with Crippen LogP contribution >= 0.6 is 11.6 Å². The molecule has 0 aromatic heterocycles. The van der Waals surface area contributed by atoms with Crippen LogP contribution in [-0.2, 0) is 0 Å². The Balaban J connectivity index is 3.14. The summed E-state index contributed by atoms with van der Waals surface area (Å²) in [6.07, 6.45) is -1.37. The second-order valence-corrected chi connectivity index (χ2v) is 5.03. The van der Waals surface area contributed by atoms with E-state index in [0.717, 1.165) is 13.1 Å². The predicted molar refractivity (Wildman–Crippen MR) is 84.0 cm³/mol. The summed E-state index contributed by atoms with van der Waals surface area (Å²) < 4.78 is 13.8. The molecule has 0 spiro atoms. The second kappa shape index (κ2) is 7.55. The number of urea groups is 1. The summed E-state index contributed by atoms with van der Waals surface area (Å²) in [7, 11) is 4.04. The first-order valence-electron chi connectivity index (χ1n) is 6.21. The Morgan fingerprint density at radius 3 is 2.42 bits per heavy atom. The molecule has 0 heterocycles. The van der Waals surface area contributed by atoms with E-state index >= 15 is 0 Å². The van der Waals surface area contributed by atoms with E-state index < -0.39 is 39.3 Å². The number of nitro benzene ring substituents is 1. The number of carboxylic acid groups (broad SMARTS) is 1. The van der Waals surface area contributed by atoms with Crippen molar-refractivity contribution in [1.82, 2.24) is 9.80 Å². The summed E-state index contributed by atoms with van der Waals surface area (Å²) in [5, 5.41) is 21.3. The van der Waals surface area contributed by atoms with Gasteiger partial charge in [-0.05, 0) is 0 Å². The van der Waals surface area contributed by atoms with E-state index in [4.69, 9.17) is 16.7 Å². The highest BCUT2D eigenvalue weighted by Crippen LogP contribution is 2.30. The van der Waals surface area contributed by atoms with E-state index in [-0.39, 0.29) is 5.96 Å². The van der Waals surface area contributed by atoms with Crippen molar-refractivity contribution in [2.24, 2.45) is 4.99 Å². The molecule has 1 rings (SSSR count). The van der Waals surface area contributed by atoms with Crippen LogP contribution in [0.1, 0.15) is 0 Å². The molecule has 1 aromatic carbocycles. The molecule has 0 aliphatic carbocycles. The Morgan fingerprint density at radius 2 is 1.96 bits per heavy atom. The lowest BCUT2D eigenvalue weighted by Crippen LogP contribution is -2.41. The third-order valence-corrected chi connectivity index (χ3v) is 2.97. The van der Waals surface area contributed by atoms with Crippen molar-refractivity contribution in [2.75, 3.05) is 26.5 Å². The standard InChI is InChI=1S/C12H13ClFN5O5/c1-17(2)11(18(3)12(21)22)16-10(20)15-8-5-9(19(23)24)6(13)4-7(8)14/h4-5H,1-3H3,(H,15,20)(H,21,22).